The summed E-state index contributed by atoms with van der Waals surface area (Å²) in [6.45, 7) is 0.595. The van der Waals surface area contributed by atoms with E-state index in [2.05, 4.69) is 31.5 Å². The minimum absolute atomic E-state index is 0.209. The van der Waals surface area contributed by atoms with Gasteiger partial charge in [-0.2, -0.15) is 0 Å². The van der Waals surface area contributed by atoms with Gasteiger partial charge < -0.3 is 15.6 Å². The van der Waals surface area contributed by atoms with Gasteiger partial charge in [0, 0.05) is 35.4 Å². The Morgan fingerprint density at radius 2 is 1.68 bits per heavy atom. The first-order chi connectivity index (χ1) is 10.6. The minimum Gasteiger partial charge on any atom is -0.350 e. The number of carbonyl (C=O) groups is 2. The van der Waals surface area contributed by atoms with Crippen molar-refractivity contribution in [1.82, 2.24) is 15.6 Å². The standard InChI is InChI=1S/C15H14BrN3O3/c16-12-3-1-2-10(8-12)14(21)17-6-7-18-15(22)11-4-5-13(20)19-9-11/h1-5,8-9H,6-7H2,(H,17,21)(H,18,22)(H,19,20). The molecule has 0 aliphatic heterocycles. The molecule has 1 aromatic carbocycles. The molecule has 0 saturated carbocycles. The Balaban J connectivity index is 1.77. The number of pyridine rings is 1. The molecule has 0 atom stereocenters. The third-order valence-electron chi connectivity index (χ3n) is 2.83. The molecule has 0 saturated heterocycles. The lowest BCUT2D eigenvalue weighted by Crippen LogP contribution is -2.34. The molecular formula is C15H14BrN3O3. The van der Waals surface area contributed by atoms with Crippen molar-refractivity contribution in [3.05, 3.63) is 68.5 Å². The van der Waals surface area contributed by atoms with Crippen molar-refractivity contribution >= 4 is 27.7 Å². The van der Waals surface area contributed by atoms with E-state index in [0.29, 0.717) is 17.7 Å². The summed E-state index contributed by atoms with van der Waals surface area (Å²) in [4.78, 5) is 37.0. The number of benzene rings is 1. The van der Waals surface area contributed by atoms with Gasteiger partial charge in [0.2, 0.25) is 5.56 Å². The van der Waals surface area contributed by atoms with Crippen LogP contribution in [0, 0.1) is 0 Å². The van der Waals surface area contributed by atoms with Crippen molar-refractivity contribution in [3.8, 4) is 0 Å². The van der Waals surface area contributed by atoms with Crippen molar-refractivity contribution in [2.75, 3.05) is 13.1 Å². The highest BCUT2D eigenvalue weighted by atomic mass is 79.9. The maximum absolute atomic E-state index is 11.9. The highest BCUT2D eigenvalue weighted by Gasteiger charge is 2.07. The van der Waals surface area contributed by atoms with Crippen molar-refractivity contribution in [2.45, 2.75) is 0 Å². The van der Waals surface area contributed by atoms with Crippen LogP contribution < -0.4 is 16.2 Å². The topological polar surface area (TPSA) is 91.1 Å². The van der Waals surface area contributed by atoms with Gasteiger partial charge in [-0.1, -0.05) is 22.0 Å². The zero-order valence-electron chi connectivity index (χ0n) is 11.6. The summed E-state index contributed by atoms with van der Waals surface area (Å²) in [7, 11) is 0. The number of aromatic nitrogens is 1. The van der Waals surface area contributed by atoms with Crippen LogP contribution in [0.25, 0.3) is 0 Å². The number of H-pyrrole nitrogens is 1. The highest BCUT2D eigenvalue weighted by molar-refractivity contribution is 9.10. The van der Waals surface area contributed by atoms with Gasteiger partial charge in [-0.05, 0) is 24.3 Å². The lowest BCUT2D eigenvalue weighted by Gasteiger charge is -2.07. The Morgan fingerprint density at radius 1 is 1.00 bits per heavy atom. The molecule has 0 bridgehead atoms. The van der Waals surface area contributed by atoms with Crippen LogP contribution in [0.4, 0.5) is 0 Å². The first kappa shape index (κ1) is 16.0. The first-order valence-corrected chi connectivity index (χ1v) is 7.36. The number of rotatable bonds is 5. The summed E-state index contributed by atoms with van der Waals surface area (Å²) < 4.78 is 0.825. The molecule has 0 unspecified atom stereocenters. The summed E-state index contributed by atoms with van der Waals surface area (Å²) in [6.07, 6.45) is 1.34. The number of amides is 2. The first-order valence-electron chi connectivity index (χ1n) is 6.57. The van der Waals surface area contributed by atoms with Gasteiger partial charge >= 0.3 is 0 Å². The van der Waals surface area contributed by atoms with E-state index in [1.807, 2.05) is 6.07 Å². The average Bonchev–Trinajstić information content (AvgIpc) is 2.51. The Kier molecular flexibility index (Phi) is 5.48. The van der Waals surface area contributed by atoms with Crippen molar-refractivity contribution in [2.24, 2.45) is 0 Å². The van der Waals surface area contributed by atoms with Gasteiger partial charge in [-0.25, -0.2) is 0 Å². The molecule has 2 amide bonds. The number of hydrogen-bond donors (Lipinski definition) is 3. The molecule has 22 heavy (non-hydrogen) atoms. The molecule has 3 N–H and O–H groups in total. The van der Waals surface area contributed by atoms with Crippen LogP contribution in [0.1, 0.15) is 20.7 Å². The highest BCUT2D eigenvalue weighted by Crippen LogP contribution is 2.11. The third-order valence-corrected chi connectivity index (χ3v) is 3.32. The second-order valence-corrected chi connectivity index (χ2v) is 5.38. The summed E-state index contributed by atoms with van der Waals surface area (Å²) in [6, 6.07) is 9.75. The van der Waals surface area contributed by atoms with Crippen LogP contribution in [0.5, 0.6) is 0 Å². The quantitative estimate of drug-likeness (QED) is 0.699. The van der Waals surface area contributed by atoms with Gasteiger partial charge in [-0.3, -0.25) is 14.4 Å². The van der Waals surface area contributed by atoms with Crippen LogP contribution in [0.3, 0.4) is 0 Å². The largest absolute Gasteiger partial charge is 0.350 e. The molecule has 0 aliphatic rings. The summed E-state index contributed by atoms with van der Waals surface area (Å²) in [5.41, 5.74) is 0.636. The average molecular weight is 364 g/mol. The summed E-state index contributed by atoms with van der Waals surface area (Å²) in [5, 5.41) is 5.36. The Hall–Kier alpha value is -2.41. The van der Waals surface area contributed by atoms with Crippen LogP contribution in [0.15, 0.2) is 51.9 Å². The molecule has 0 spiro atoms. The molecule has 0 fully saturated rings. The van der Waals surface area contributed by atoms with Gasteiger partial charge in [-0.15, -0.1) is 0 Å². The molecule has 1 aromatic heterocycles. The van der Waals surface area contributed by atoms with Crippen LogP contribution in [-0.2, 0) is 0 Å². The Labute approximate surface area is 135 Å². The normalized spacial score (nSPS) is 10.0. The third kappa shape index (κ3) is 4.56. The monoisotopic (exact) mass is 363 g/mol. The van der Waals surface area contributed by atoms with Crippen molar-refractivity contribution < 1.29 is 9.59 Å². The van der Waals surface area contributed by atoms with E-state index < -0.39 is 0 Å². The summed E-state index contributed by atoms with van der Waals surface area (Å²) in [5.74, 6) is -0.521. The second-order valence-electron chi connectivity index (χ2n) is 4.46. The minimum atomic E-state index is -0.312. The fourth-order valence-corrected chi connectivity index (χ4v) is 2.14. The molecule has 0 aliphatic carbocycles. The molecule has 6 nitrogen and oxygen atoms in total. The summed E-state index contributed by atoms with van der Waals surface area (Å²) >= 11 is 3.30. The second kappa shape index (κ2) is 7.56. The predicted molar refractivity (Wildman–Crippen MR) is 85.9 cm³/mol. The van der Waals surface area contributed by atoms with Crippen molar-refractivity contribution in [1.29, 1.82) is 0 Å². The van der Waals surface area contributed by atoms with E-state index in [1.54, 1.807) is 18.2 Å². The zero-order chi connectivity index (χ0) is 15.9. The van der Waals surface area contributed by atoms with Crippen molar-refractivity contribution in [3.63, 3.8) is 0 Å². The van der Waals surface area contributed by atoms with E-state index >= 15 is 0 Å². The molecule has 2 aromatic rings. The van der Waals surface area contributed by atoms with E-state index in [4.69, 9.17) is 0 Å². The van der Waals surface area contributed by atoms with Gasteiger partial charge in [0.15, 0.2) is 0 Å². The lowest BCUT2D eigenvalue weighted by molar-refractivity contribution is 0.0927. The van der Waals surface area contributed by atoms with Crippen LogP contribution in [-0.4, -0.2) is 29.9 Å². The van der Waals surface area contributed by atoms with Crippen LogP contribution >= 0.6 is 15.9 Å². The number of hydrogen-bond acceptors (Lipinski definition) is 3. The maximum atomic E-state index is 11.9. The fourth-order valence-electron chi connectivity index (χ4n) is 1.74. The number of carbonyl (C=O) groups excluding carboxylic acids is 2. The zero-order valence-corrected chi connectivity index (χ0v) is 13.1. The lowest BCUT2D eigenvalue weighted by atomic mass is 10.2. The fraction of sp³-hybridized carbons (Fsp3) is 0.133. The number of aromatic amines is 1. The van der Waals surface area contributed by atoms with Gasteiger partial charge in [0.05, 0.1) is 5.56 Å². The molecule has 1 heterocycles. The Bertz CT molecular complexity index is 722. The maximum Gasteiger partial charge on any atom is 0.252 e. The van der Waals surface area contributed by atoms with E-state index in [0.717, 1.165) is 4.47 Å². The van der Waals surface area contributed by atoms with E-state index in [9.17, 15) is 14.4 Å². The SMILES string of the molecule is O=C(NCCNC(=O)c1cccc(Br)c1)c1ccc(=O)[nH]c1. The molecule has 114 valence electrons. The Morgan fingerprint density at radius 3 is 2.27 bits per heavy atom. The smallest absolute Gasteiger partial charge is 0.252 e. The number of nitrogens with one attached hydrogen (secondary N) is 3. The molecule has 7 heteroatoms. The van der Waals surface area contributed by atoms with Crippen LogP contribution in [0.2, 0.25) is 0 Å². The number of halogens is 1. The predicted octanol–water partition coefficient (Wildman–Crippen LogP) is 1.30. The van der Waals surface area contributed by atoms with Gasteiger partial charge in [0.1, 0.15) is 0 Å². The molecule has 0 radical (unpaired) electrons. The molecular weight excluding hydrogens is 350 g/mol. The van der Waals surface area contributed by atoms with E-state index in [-0.39, 0.29) is 23.9 Å². The molecule has 2 rings (SSSR count). The van der Waals surface area contributed by atoms with E-state index in [1.165, 1.54) is 18.3 Å². The van der Waals surface area contributed by atoms with Gasteiger partial charge in [0.25, 0.3) is 11.8 Å².